The Bertz CT molecular complexity index is 1120. The van der Waals surface area contributed by atoms with Gasteiger partial charge in [-0.3, -0.25) is 4.98 Å². The molecule has 1 N–H and O–H groups in total. The highest BCUT2D eigenvalue weighted by Crippen LogP contribution is 2.34. The molecule has 2 heterocycles. The van der Waals surface area contributed by atoms with Crippen LogP contribution in [0.5, 0.6) is 0 Å². The van der Waals surface area contributed by atoms with Crippen molar-refractivity contribution in [2.24, 2.45) is 0 Å². The van der Waals surface area contributed by atoms with E-state index < -0.39 is 11.7 Å². The number of aromatic nitrogens is 4. The first-order valence-electron chi connectivity index (χ1n) is 8.77. The number of benzene rings is 2. The molecule has 2 aromatic carbocycles. The summed E-state index contributed by atoms with van der Waals surface area (Å²) in [4.78, 5) is 9.13. The lowest BCUT2D eigenvalue weighted by molar-refractivity contribution is -0.137. The fraction of sp³-hybridized carbons (Fsp3) is 0.0952. The van der Waals surface area contributed by atoms with Gasteiger partial charge in [-0.25, -0.2) is 0 Å². The van der Waals surface area contributed by atoms with E-state index in [1.165, 1.54) is 6.07 Å². The predicted molar refractivity (Wildman–Crippen MR) is 105 cm³/mol. The molecule has 0 saturated carbocycles. The van der Waals surface area contributed by atoms with Gasteiger partial charge >= 0.3 is 6.18 Å². The summed E-state index contributed by atoms with van der Waals surface area (Å²) in [7, 11) is 1.90. The van der Waals surface area contributed by atoms with Crippen LogP contribution in [0.15, 0.2) is 73.1 Å². The van der Waals surface area contributed by atoms with Crippen molar-refractivity contribution in [1.29, 1.82) is 0 Å². The third-order valence-electron chi connectivity index (χ3n) is 4.50. The Labute approximate surface area is 164 Å². The molecule has 0 aliphatic carbocycles. The van der Waals surface area contributed by atoms with Crippen LogP contribution in [0.25, 0.3) is 22.8 Å². The number of alkyl halides is 3. The van der Waals surface area contributed by atoms with Gasteiger partial charge in [0.2, 0.25) is 0 Å². The van der Waals surface area contributed by atoms with Crippen LogP contribution in [0.2, 0.25) is 0 Å². The van der Waals surface area contributed by atoms with Gasteiger partial charge in [-0.1, -0.05) is 24.3 Å². The van der Waals surface area contributed by atoms with E-state index in [2.05, 4.69) is 20.2 Å². The minimum Gasteiger partial charge on any atom is -0.343 e. The maximum atomic E-state index is 13.0. The van der Waals surface area contributed by atoms with Crippen LogP contribution in [0, 0.1) is 0 Å². The SMILES string of the molecule is CN(c1cccnc1)c1ccccc1-c1nnc(-c2cccc(C(F)(F)F)c2)[nH]1. The van der Waals surface area contributed by atoms with Gasteiger partial charge < -0.3 is 9.88 Å². The standard InChI is InChI=1S/C21H16F3N5/c1-29(16-8-5-11-25-13-16)18-10-3-2-9-17(18)20-26-19(27-28-20)14-6-4-7-15(12-14)21(22,23)24/h2-13H,1H3,(H,26,27,28). The zero-order valence-corrected chi connectivity index (χ0v) is 15.4. The third-order valence-corrected chi connectivity index (χ3v) is 4.50. The summed E-state index contributed by atoms with van der Waals surface area (Å²) in [5.74, 6) is 0.730. The van der Waals surface area contributed by atoms with Crippen LogP contribution in [0.3, 0.4) is 0 Å². The van der Waals surface area contributed by atoms with Crippen LogP contribution in [0.4, 0.5) is 24.5 Å². The molecule has 0 saturated heterocycles. The van der Waals surface area contributed by atoms with Gasteiger partial charge in [-0.15, -0.1) is 10.2 Å². The van der Waals surface area contributed by atoms with Crippen molar-refractivity contribution in [3.05, 3.63) is 78.6 Å². The largest absolute Gasteiger partial charge is 0.416 e. The molecular formula is C21H16F3N5. The van der Waals surface area contributed by atoms with Crippen molar-refractivity contribution in [2.75, 3.05) is 11.9 Å². The number of nitrogens with zero attached hydrogens (tertiary/aromatic N) is 4. The molecule has 0 fully saturated rings. The molecule has 0 amide bonds. The summed E-state index contributed by atoms with van der Waals surface area (Å²) in [6.45, 7) is 0. The van der Waals surface area contributed by atoms with Crippen LogP contribution in [-0.4, -0.2) is 27.2 Å². The maximum Gasteiger partial charge on any atom is 0.416 e. The Balaban J connectivity index is 1.71. The molecule has 0 unspecified atom stereocenters. The Morgan fingerprint density at radius 1 is 0.897 bits per heavy atom. The lowest BCUT2D eigenvalue weighted by atomic mass is 10.1. The van der Waals surface area contributed by atoms with Gasteiger partial charge in [0.15, 0.2) is 11.6 Å². The Morgan fingerprint density at radius 2 is 1.69 bits per heavy atom. The topological polar surface area (TPSA) is 57.7 Å². The fourth-order valence-corrected chi connectivity index (χ4v) is 3.01. The molecule has 2 aromatic heterocycles. The Hall–Kier alpha value is -3.68. The van der Waals surface area contributed by atoms with E-state index >= 15 is 0 Å². The number of para-hydroxylation sites is 1. The van der Waals surface area contributed by atoms with Crippen molar-refractivity contribution < 1.29 is 13.2 Å². The van der Waals surface area contributed by atoms with E-state index in [1.54, 1.807) is 18.5 Å². The number of halogens is 3. The summed E-state index contributed by atoms with van der Waals surface area (Å²) < 4.78 is 39.0. The summed E-state index contributed by atoms with van der Waals surface area (Å²) in [6.07, 6.45) is -0.982. The minimum atomic E-state index is -4.42. The zero-order chi connectivity index (χ0) is 20.4. The third kappa shape index (κ3) is 3.82. The van der Waals surface area contributed by atoms with Gasteiger partial charge in [-0.05, 0) is 36.4 Å². The number of rotatable bonds is 4. The smallest absolute Gasteiger partial charge is 0.343 e. The second-order valence-electron chi connectivity index (χ2n) is 6.39. The van der Waals surface area contributed by atoms with E-state index in [1.807, 2.05) is 48.3 Å². The van der Waals surface area contributed by atoms with Crippen LogP contribution in [-0.2, 0) is 6.18 Å². The summed E-state index contributed by atoms with van der Waals surface area (Å²) >= 11 is 0. The summed E-state index contributed by atoms with van der Waals surface area (Å²) in [6, 6.07) is 16.3. The van der Waals surface area contributed by atoms with E-state index in [-0.39, 0.29) is 5.82 Å². The lowest BCUT2D eigenvalue weighted by Gasteiger charge is -2.21. The van der Waals surface area contributed by atoms with Gasteiger partial charge in [0.1, 0.15) is 0 Å². The van der Waals surface area contributed by atoms with E-state index in [0.717, 1.165) is 29.1 Å². The van der Waals surface area contributed by atoms with E-state index in [4.69, 9.17) is 0 Å². The molecule has 0 spiro atoms. The second-order valence-corrected chi connectivity index (χ2v) is 6.39. The van der Waals surface area contributed by atoms with E-state index in [9.17, 15) is 13.2 Å². The number of H-pyrrole nitrogens is 1. The van der Waals surface area contributed by atoms with Crippen molar-refractivity contribution in [1.82, 2.24) is 20.2 Å². The first kappa shape index (κ1) is 18.7. The average molecular weight is 395 g/mol. The maximum absolute atomic E-state index is 13.0. The molecule has 0 radical (unpaired) electrons. The number of nitrogens with one attached hydrogen (secondary N) is 1. The van der Waals surface area contributed by atoms with Gasteiger partial charge in [0, 0.05) is 24.4 Å². The molecule has 0 bridgehead atoms. The second kappa shape index (κ2) is 7.38. The van der Waals surface area contributed by atoms with E-state index in [0.29, 0.717) is 11.4 Å². The molecule has 4 rings (SSSR count). The van der Waals surface area contributed by atoms with Crippen LogP contribution in [0.1, 0.15) is 5.56 Å². The highest BCUT2D eigenvalue weighted by atomic mass is 19.4. The van der Waals surface area contributed by atoms with Crippen LogP contribution >= 0.6 is 0 Å². The first-order valence-corrected chi connectivity index (χ1v) is 8.77. The number of hydrogen-bond donors (Lipinski definition) is 1. The van der Waals surface area contributed by atoms with Crippen molar-refractivity contribution in [3.63, 3.8) is 0 Å². The molecule has 146 valence electrons. The van der Waals surface area contributed by atoms with Crippen molar-refractivity contribution >= 4 is 11.4 Å². The molecule has 0 aliphatic rings. The molecule has 29 heavy (non-hydrogen) atoms. The highest BCUT2D eigenvalue weighted by Gasteiger charge is 2.30. The van der Waals surface area contributed by atoms with Crippen molar-refractivity contribution in [2.45, 2.75) is 6.18 Å². The minimum absolute atomic E-state index is 0.268. The normalized spacial score (nSPS) is 11.4. The molecule has 8 heteroatoms. The van der Waals surface area contributed by atoms with Crippen LogP contribution < -0.4 is 4.90 Å². The number of anilines is 2. The first-order chi connectivity index (χ1) is 13.9. The molecular weight excluding hydrogens is 379 g/mol. The molecule has 4 aromatic rings. The Kier molecular flexibility index (Phi) is 4.75. The number of aromatic amines is 1. The lowest BCUT2D eigenvalue weighted by Crippen LogP contribution is -2.11. The van der Waals surface area contributed by atoms with Gasteiger partial charge in [-0.2, -0.15) is 13.2 Å². The summed E-state index contributed by atoms with van der Waals surface area (Å²) in [5.41, 5.74) is 2.09. The number of hydrogen-bond acceptors (Lipinski definition) is 4. The van der Waals surface area contributed by atoms with Crippen molar-refractivity contribution in [3.8, 4) is 22.8 Å². The fourth-order valence-electron chi connectivity index (χ4n) is 3.01. The highest BCUT2D eigenvalue weighted by molar-refractivity contribution is 5.79. The number of pyridine rings is 1. The molecule has 0 aliphatic heterocycles. The predicted octanol–water partition coefficient (Wildman–Crippen LogP) is 5.32. The van der Waals surface area contributed by atoms with Gasteiger partial charge in [0.05, 0.1) is 23.1 Å². The monoisotopic (exact) mass is 395 g/mol. The Morgan fingerprint density at radius 3 is 2.45 bits per heavy atom. The average Bonchev–Trinajstić information content (AvgIpc) is 3.23. The quantitative estimate of drug-likeness (QED) is 0.508. The molecule has 0 atom stereocenters. The summed E-state index contributed by atoms with van der Waals surface area (Å²) in [5, 5.41) is 8.22. The van der Waals surface area contributed by atoms with Gasteiger partial charge in [0.25, 0.3) is 0 Å². The zero-order valence-electron chi connectivity index (χ0n) is 15.4. The molecule has 5 nitrogen and oxygen atoms in total.